The second-order valence-corrected chi connectivity index (χ2v) is 4.23. The molecule has 0 unspecified atom stereocenters. The van der Waals surface area contributed by atoms with Gasteiger partial charge < -0.3 is 4.74 Å². The standard InChI is InChI=1S/C13H16O3S/c1-4-10(14)12-9(13(15)16-5-2)7-6-8-11(12)17-3/h6-8H,4-5H2,1-3H3. The van der Waals surface area contributed by atoms with Crippen LogP contribution in [0, 0.1) is 0 Å². The van der Waals surface area contributed by atoms with Gasteiger partial charge in [0.15, 0.2) is 5.78 Å². The monoisotopic (exact) mass is 252 g/mol. The van der Waals surface area contributed by atoms with Gasteiger partial charge in [0.1, 0.15) is 0 Å². The van der Waals surface area contributed by atoms with E-state index in [4.69, 9.17) is 4.74 Å². The zero-order valence-electron chi connectivity index (χ0n) is 10.3. The molecule has 4 heteroatoms. The van der Waals surface area contributed by atoms with E-state index in [0.29, 0.717) is 24.2 Å². The predicted octanol–water partition coefficient (Wildman–Crippen LogP) is 3.18. The van der Waals surface area contributed by atoms with E-state index in [1.165, 1.54) is 11.8 Å². The van der Waals surface area contributed by atoms with Crippen molar-refractivity contribution in [1.82, 2.24) is 0 Å². The van der Waals surface area contributed by atoms with Crippen molar-refractivity contribution in [2.24, 2.45) is 0 Å². The summed E-state index contributed by atoms with van der Waals surface area (Å²) < 4.78 is 4.96. The van der Waals surface area contributed by atoms with E-state index in [1.807, 2.05) is 12.3 Å². The number of rotatable bonds is 5. The fourth-order valence-electron chi connectivity index (χ4n) is 1.54. The molecule has 17 heavy (non-hydrogen) atoms. The van der Waals surface area contributed by atoms with Crippen LogP contribution in [0.2, 0.25) is 0 Å². The Morgan fingerprint density at radius 2 is 2.00 bits per heavy atom. The molecule has 1 aromatic carbocycles. The maximum absolute atomic E-state index is 11.9. The largest absolute Gasteiger partial charge is 0.462 e. The topological polar surface area (TPSA) is 43.4 Å². The summed E-state index contributed by atoms with van der Waals surface area (Å²) >= 11 is 1.46. The normalized spacial score (nSPS) is 10.1. The SMILES string of the molecule is CCOC(=O)c1cccc(SC)c1C(=O)CC. The summed E-state index contributed by atoms with van der Waals surface area (Å²) in [5, 5.41) is 0. The molecule has 0 saturated heterocycles. The zero-order valence-corrected chi connectivity index (χ0v) is 11.1. The number of esters is 1. The Kier molecular flexibility index (Phi) is 5.22. The predicted molar refractivity (Wildman–Crippen MR) is 68.8 cm³/mol. The molecule has 0 bridgehead atoms. The summed E-state index contributed by atoms with van der Waals surface area (Å²) in [6, 6.07) is 5.25. The number of thioether (sulfide) groups is 1. The van der Waals surface area contributed by atoms with Crippen molar-refractivity contribution < 1.29 is 14.3 Å². The lowest BCUT2D eigenvalue weighted by Gasteiger charge is -2.10. The summed E-state index contributed by atoms with van der Waals surface area (Å²) in [5.74, 6) is -0.460. The molecule has 0 fully saturated rings. The number of Topliss-reactive ketones (excluding diaryl/α,β-unsaturated/α-hetero) is 1. The van der Waals surface area contributed by atoms with Gasteiger partial charge in [0, 0.05) is 16.9 Å². The van der Waals surface area contributed by atoms with Gasteiger partial charge in [-0.25, -0.2) is 4.79 Å². The minimum atomic E-state index is -0.430. The molecule has 0 aromatic heterocycles. The molecular formula is C13H16O3S. The average molecular weight is 252 g/mol. The van der Waals surface area contributed by atoms with Crippen molar-refractivity contribution in [1.29, 1.82) is 0 Å². The highest BCUT2D eigenvalue weighted by Gasteiger charge is 2.19. The summed E-state index contributed by atoms with van der Waals surface area (Å²) in [6.45, 7) is 3.84. The summed E-state index contributed by atoms with van der Waals surface area (Å²) in [7, 11) is 0. The number of carbonyl (C=O) groups is 2. The highest BCUT2D eigenvalue weighted by molar-refractivity contribution is 7.98. The highest BCUT2D eigenvalue weighted by Crippen LogP contribution is 2.25. The van der Waals surface area contributed by atoms with E-state index in [2.05, 4.69) is 0 Å². The first-order valence-corrected chi connectivity index (χ1v) is 6.75. The maximum atomic E-state index is 11.9. The highest BCUT2D eigenvalue weighted by atomic mass is 32.2. The van der Waals surface area contributed by atoms with E-state index < -0.39 is 5.97 Å². The molecular weight excluding hydrogens is 236 g/mol. The smallest absolute Gasteiger partial charge is 0.338 e. The van der Waals surface area contributed by atoms with Crippen molar-refractivity contribution >= 4 is 23.5 Å². The lowest BCUT2D eigenvalue weighted by Crippen LogP contribution is -2.12. The van der Waals surface area contributed by atoms with Gasteiger partial charge in [0.2, 0.25) is 0 Å². The van der Waals surface area contributed by atoms with E-state index in [1.54, 1.807) is 26.0 Å². The Hall–Kier alpha value is -1.29. The molecule has 0 spiro atoms. The number of ketones is 1. The van der Waals surface area contributed by atoms with Gasteiger partial charge in [0.05, 0.1) is 12.2 Å². The number of hydrogen-bond donors (Lipinski definition) is 0. The molecule has 0 aliphatic rings. The molecule has 92 valence electrons. The molecule has 0 amide bonds. The number of hydrogen-bond acceptors (Lipinski definition) is 4. The van der Waals surface area contributed by atoms with Gasteiger partial charge in [-0.05, 0) is 25.3 Å². The average Bonchev–Trinajstić information content (AvgIpc) is 2.37. The lowest BCUT2D eigenvalue weighted by molar-refractivity contribution is 0.0522. The maximum Gasteiger partial charge on any atom is 0.338 e. The molecule has 0 radical (unpaired) electrons. The Balaban J connectivity index is 3.28. The third-order valence-corrected chi connectivity index (χ3v) is 3.12. The van der Waals surface area contributed by atoms with E-state index in [-0.39, 0.29) is 5.78 Å². The summed E-state index contributed by atoms with van der Waals surface area (Å²) in [4.78, 5) is 24.5. The quantitative estimate of drug-likeness (QED) is 0.458. The molecule has 1 rings (SSSR count). The van der Waals surface area contributed by atoms with Gasteiger partial charge >= 0.3 is 5.97 Å². The van der Waals surface area contributed by atoms with Crippen molar-refractivity contribution in [3.63, 3.8) is 0 Å². The van der Waals surface area contributed by atoms with Crippen molar-refractivity contribution in [3.8, 4) is 0 Å². The molecule has 0 N–H and O–H groups in total. The molecule has 0 heterocycles. The third-order valence-electron chi connectivity index (χ3n) is 2.34. The van der Waals surface area contributed by atoms with Gasteiger partial charge in [0.25, 0.3) is 0 Å². The first-order valence-electron chi connectivity index (χ1n) is 5.53. The van der Waals surface area contributed by atoms with Crippen molar-refractivity contribution in [3.05, 3.63) is 29.3 Å². The van der Waals surface area contributed by atoms with Crippen LogP contribution in [0.4, 0.5) is 0 Å². The van der Waals surface area contributed by atoms with E-state index in [0.717, 1.165) is 4.90 Å². The minimum absolute atomic E-state index is 0.0296. The van der Waals surface area contributed by atoms with Crippen LogP contribution in [-0.4, -0.2) is 24.6 Å². The van der Waals surface area contributed by atoms with Crippen LogP contribution < -0.4 is 0 Å². The van der Waals surface area contributed by atoms with Crippen molar-refractivity contribution in [2.75, 3.05) is 12.9 Å². The zero-order chi connectivity index (χ0) is 12.8. The Morgan fingerprint density at radius 3 is 2.53 bits per heavy atom. The fourth-order valence-corrected chi connectivity index (χ4v) is 2.19. The van der Waals surface area contributed by atoms with Gasteiger partial charge in [-0.2, -0.15) is 0 Å². The van der Waals surface area contributed by atoms with Crippen LogP contribution in [0.25, 0.3) is 0 Å². The first-order chi connectivity index (χ1) is 8.15. The Morgan fingerprint density at radius 1 is 1.29 bits per heavy atom. The van der Waals surface area contributed by atoms with Gasteiger partial charge in [-0.3, -0.25) is 4.79 Å². The van der Waals surface area contributed by atoms with Crippen molar-refractivity contribution in [2.45, 2.75) is 25.2 Å². The second kappa shape index (κ2) is 6.45. The van der Waals surface area contributed by atoms with Gasteiger partial charge in [-0.15, -0.1) is 11.8 Å². The molecule has 0 aliphatic carbocycles. The fraction of sp³-hybridized carbons (Fsp3) is 0.385. The van der Waals surface area contributed by atoms with E-state index in [9.17, 15) is 9.59 Å². The van der Waals surface area contributed by atoms with Gasteiger partial charge in [-0.1, -0.05) is 13.0 Å². The third kappa shape index (κ3) is 3.09. The number of carbonyl (C=O) groups excluding carboxylic acids is 2. The lowest BCUT2D eigenvalue weighted by atomic mass is 10.0. The molecule has 1 aromatic rings. The Labute approximate surface area is 106 Å². The van der Waals surface area contributed by atoms with Crippen LogP contribution in [0.5, 0.6) is 0 Å². The summed E-state index contributed by atoms with van der Waals surface area (Å²) in [5.41, 5.74) is 0.853. The molecule has 0 saturated carbocycles. The first kappa shape index (κ1) is 13.8. The summed E-state index contributed by atoms with van der Waals surface area (Å²) in [6.07, 6.45) is 2.26. The van der Waals surface area contributed by atoms with E-state index >= 15 is 0 Å². The second-order valence-electron chi connectivity index (χ2n) is 3.38. The van der Waals surface area contributed by atoms with Crippen LogP contribution >= 0.6 is 11.8 Å². The number of benzene rings is 1. The molecule has 0 atom stereocenters. The molecule has 3 nitrogen and oxygen atoms in total. The van der Waals surface area contributed by atoms with Crippen LogP contribution in [0.3, 0.4) is 0 Å². The van der Waals surface area contributed by atoms with Crippen LogP contribution in [0.1, 0.15) is 41.0 Å². The number of ether oxygens (including phenoxy) is 1. The Bertz CT molecular complexity index is 427. The van der Waals surface area contributed by atoms with Crippen LogP contribution in [0.15, 0.2) is 23.1 Å². The molecule has 0 aliphatic heterocycles. The minimum Gasteiger partial charge on any atom is -0.462 e. The van der Waals surface area contributed by atoms with Crippen LogP contribution in [-0.2, 0) is 4.74 Å².